The molecule has 1 unspecified atom stereocenters. The summed E-state index contributed by atoms with van der Waals surface area (Å²) in [4.78, 5) is 18.4. The summed E-state index contributed by atoms with van der Waals surface area (Å²) in [6, 6.07) is 5.70. The van der Waals surface area contributed by atoms with Gasteiger partial charge >= 0.3 is 0 Å². The molecule has 2 aromatic rings. The Morgan fingerprint density at radius 2 is 2.15 bits per heavy atom. The molecule has 0 radical (unpaired) electrons. The van der Waals surface area contributed by atoms with E-state index in [0.717, 1.165) is 0 Å². The van der Waals surface area contributed by atoms with E-state index < -0.39 is 23.4 Å². The van der Waals surface area contributed by atoms with Crippen LogP contribution in [0.25, 0.3) is 11.1 Å². The Kier molecular flexibility index (Phi) is 4.14. The van der Waals surface area contributed by atoms with E-state index in [1.807, 2.05) is 6.92 Å². The number of H-pyrrole nitrogens is 1. The minimum atomic E-state index is -0.607. The maximum Gasteiger partial charge on any atom is 0.262 e. The van der Waals surface area contributed by atoms with Gasteiger partial charge in [0, 0.05) is 12.2 Å². The van der Waals surface area contributed by atoms with Crippen molar-refractivity contribution in [1.82, 2.24) is 9.97 Å². The Morgan fingerprint density at radius 1 is 1.45 bits per heavy atom. The Bertz CT molecular complexity index is 670. The number of rotatable bonds is 4. The van der Waals surface area contributed by atoms with Gasteiger partial charge in [0.05, 0.1) is 0 Å². The lowest BCUT2D eigenvalue weighted by atomic mass is 10.1. The van der Waals surface area contributed by atoms with Gasteiger partial charge in [0.1, 0.15) is 23.3 Å². The predicted molar refractivity (Wildman–Crippen MR) is 72.0 cm³/mol. The van der Waals surface area contributed by atoms with E-state index in [0.29, 0.717) is 6.61 Å². The molecule has 1 aromatic carbocycles. The van der Waals surface area contributed by atoms with Gasteiger partial charge < -0.3 is 14.8 Å². The Balaban J connectivity index is 2.53. The fraction of sp³-hybridized carbons (Fsp3) is 0.286. The third kappa shape index (κ3) is 2.70. The van der Waals surface area contributed by atoms with Crippen LogP contribution in [0.3, 0.4) is 0 Å². The minimum Gasteiger partial charge on any atom is -0.493 e. The van der Waals surface area contributed by atoms with Crippen LogP contribution < -0.4 is 5.56 Å². The highest BCUT2D eigenvalue weighted by Gasteiger charge is 2.18. The van der Waals surface area contributed by atoms with Crippen molar-refractivity contribution in [2.45, 2.75) is 20.0 Å². The number of aromatic nitrogens is 2. The molecule has 0 fully saturated rings. The summed E-state index contributed by atoms with van der Waals surface area (Å²) in [5.74, 6) is -0.907. The molecule has 0 spiro atoms. The molecule has 1 heterocycles. The Morgan fingerprint density at radius 3 is 2.75 bits per heavy atom. The van der Waals surface area contributed by atoms with Crippen LogP contribution in [0.5, 0.6) is 5.88 Å². The smallest absolute Gasteiger partial charge is 0.262 e. The van der Waals surface area contributed by atoms with E-state index in [1.54, 1.807) is 13.0 Å². The first-order chi connectivity index (χ1) is 9.54. The monoisotopic (exact) mass is 278 g/mol. The molecule has 0 amide bonds. The van der Waals surface area contributed by atoms with Gasteiger partial charge in [-0.25, -0.2) is 4.39 Å². The molecule has 2 rings (SSSR count). The maximum absolute atomic E-state index is 13.7. The van der Waals surface area contributed by atoms with Crippen molar-refractivity contribution < 1.29 is 14.2 Å². The standard InChI is InChI=1S/C14H15FN2O3/c1-3-20-8(2)12-16-13(18)11(14(19)17-12)9-6-4-5-7-10(9)15/h4-8H,3H2,1-2H3,(H2,16,17,18,19). The van der Waals surface area contributed by atoms with E-state index in [1.165, 1.54) is 18.2 Å². The zero-order chi connectivity index (χ0) is 14.7. The van der Waals surface area contributed by atoms with Crippen molar-refractivity contribution in [3.63, 3.8) is 0 Å². The molecule has 0 aliphatic heterocycles. The van der Waals surface area contributed by atoms with Crippen LogP contribution in [0, 0.1) is 5.82 Å². The van der Waals surface area contributed by atoms with Crippen molar-refractivity contribution >= 4 is 0 Å². The summed E-state index contributed by atoms with van der Waals surface area (Å²) in [6.45, 7) is 3.95. The van der Waals surface area contributed by atoms with Crippen LogP contribution in [0.15, 0.2) is 29.1 Å². The van der Waals surface area contributed by atoms with E-state index in [-0.39, 0.29) is 17.0 Å². The number of halogens is 1. The molecular weight excluding hydrogens is 263 g/mol. The predicted octanol–water partition coefficient (Wildman–Crippen LogP) is 2.38. The average Bonchev–Trinajstić information content (AvgIpc) is 2.40. The van der Waals surface area contributed by atoms with Gasteiger partial charge in [-0.2, -0.15) is 4.98 Å². The van der Waals surface area contributed by atoms with Crippen molar-refractivity contribution in [3.8, 4) is 17.0 Å². The summed E-state index contributed by atoms with van der Waals surface area (Å²) >= 11 is 0. The lowest BCUT2D eigenvalue weighted by molar-refractivity contribution is 0.0694. The molecule has 1 atom stereocenters. The Hall–Kier alpha value is -2.21. The second-order valence-electron chi connectivity index (χ2n) is 4.23. The number of ether oxygens (including phenoxy) is 1. The van der Waals surface area contributed by atoms with Gasteiger partial charge in [0.15, 0.2) is 0 Å². The zero-order valence-electron chi connectivity index (χ0n) is 11.2. The molecule has 0 aliphatic rings. The third-order valence-electron chi connectivity index (χ3n) is 2.86. The lowest BCUT2D eigenvalue weighted by Crippen LogP contribution is -2.17. The summed E-state index contributed by atoms with van der Waals surface area (Å²) in [7, 11) is 0. The number of aromatic amines is 1. The number of aromatic hydroxyl groups is 1. The van der Waals surface area contributed by atoms with Crippen molar-refractivity contribution in [2.24, 2.45) is 0 Å². The number of hydrogen-bond acceptors (Lipinski definition) is 4. The zero-order valence-corrected chi connectivity index (χ0v) is 11.2. The van der Waals surface area contributed by atoms with Gasteiger partial charge in [-0.1, -0.05) is 18.2 Å². The van der Waals surface area contributed by atoms with E-state index in [2.05, 4.69) is 9.97 Å². The summed E-state index contributed by atoms with van der Waals surface area (Å²) in [5.41, 5.74) is -0.783. The highest BCUT2D eigenvalue weighted by Crippen LogP contribution is 2.26. The molecule has 106 valence electrons. The first kappa shape index (κ1) is 14.2. The highest BCUT2D eigenvalue weighted by molar-refractivity contribution is 5.67. The minimum absolute atomic E-state index is 0.00867. The van der Waals surface area contributed by atoms with Crippen LogP contribution in [-0.4, -0.2) is 21.7 Å². The van der Waals surface area contributed by atoms with Gasteiger partial charge in [0.25, 0.3) is 5.56 Å². The summed E-state index contributed by atoms with van der Waals surface area (Å²) in [5, 5.41) is 9.91. The van der Waals surface area contributed by atoms with Gasteiger partial charge in [0.2, 0.25) is 5.88 Å². The van der Waals surface area contributed by atoms with Crippen molar-refractivity contribution in [3.05, 3.63) is 46.3 Å². The maximum atomic E-state index is 13.7. The second kappa shape index (κ2) is 5.83. The lowest BCUT2D eigenvalue weighted by Gasteiger charge is -2.12. The molecule has 2 N–H and O–H groups in total. The van der Waals surface area contributed by atoms with E-state index in [4.69, 9.17) is 4.74 Å². The number of nitrogens with one attached hydrogen (secondary N) is 1. The molecule has 0 bridgehead atoms. The van der Waals surface area contributed by atoms with Crippen LogP contribution in [0.2, 0.25) is 0 Å². The van der Waals surface area contributed by atoms with Crippen LogP contribution in [0.1, 0.15) is 25.8 Å². The van der Waals surface area contributed by atoms with E-state index >= 15 is 0 Å². The molecule has 5 nitrogen and oxygen atoms in total. The van der Waals surface area contributed by atoms with Gasteiger partial charge in [-0.3, -0.25) is 4.79 Å². The fourth-order valence-electron chi connectivity index (χ4n) is 1.91. The molecule has 0 saturated heterocycles. The summed E-state index contributed by atoms with van der Waals surface area (Å²) < 4.78 is 19.0. The largest absolute Gasteiger partial charge is 0.493 e. The number of hydrogen-bond donors (Lipinski definition) is 2. The van der Waals surface area contributed by atoms with Crippen molar-refractivity contribution in [2.75, 3.05) is 6.61 Å². The fourth-order valence-corrected chi connectivity index (χ4v) is 1.91. The molecule has 20 heavy (non-hydrogen) atoms. The first-order valence-corrected chi connectivity index (χ1v) is 6.24. The normalized spacial score (nSPS) is 12.3. The molecule has 0 saturated carbocycles. The van der Waals surface area contributed by atoms with Crippen molar-refractivity contribution in [1.29, 1.82) is 0 Å². The highest BCUT2D eigenvalue weighted by atomic mass is 19.1. The molecular formula is C14H15FN2O3. The quantitative estimate of drug-likeness (QED) is 0.900. The van der Waals surface area contributed by atoms with Crippen LogP contribution in [0.4, 0.5) is 4.39 Å². The first-order valence-electron chi connectivity index (χ1n) is 6.24. The molecule has 6 heteroatoms. The Labute approximate surface area is 115 Å². The third-order valence-corrected chi connectivity index (χ3v) is 2.86. The van der Waals surface area contributed by atoms with Crippen LogP contribution >= 0.6 is 0 Å². The summed E-state index contributed by atoms with van der Waals surface area (Å²) in [6.07, 6.45) is -0.465. The number of nitrogens with zero attached hydrogens (tertiary/aromatic N) is 1. The SMILES string of the molecule is CCOC(C)c1nc(O)c(-c2ccccc2F)c(=O)[nH]1. The topological polar surface area (TPSA) is 75.2 Å². The molecule has 1 aromatic heterocycles. The van der Waals surface area contributed by atoms with Crippen LogP contribution in [-0.2, 0) is 4.74 Å². The van der Waals surface area contributed by atoms with Gasteiger partial charge in [-0.05, 0) is 19.9 Å². The van der Waals surface area contributed by atoms with E-state index in [9.17, 15) is 14.3 Å². The average molecular weight is 278 g/mol. The number of benzene rings is 1. The van der Waals surface area contributed by atoms with Gasteiger partial charge in [-0.15, -0.1) is 0 Å². The second-order valence-corrected chi connectivity index (χ2v) is 4.23. The molecule has 0 aliphatic carbocycles.